The third-order valence-electron chi connectivity index (χ3n) is 3.33. The van der Waals surface area contributed by atoms with Crippen LogP contribution in [0.15, 0.2) is 48.5 Å². The van der Waals surface area contributed by atoms with Gasteiger partial charge >= 0.3 is 6.03 Å². The van der Waals surface area contributed by atoms with Crippen molar-refractivity contribution in [3.63, 3.8) is 0 Å². The Labute approximate surface area is 140 Å². The lowest BCUT2D eigenvalue weighted by Crippen LogP contribution is -2.37. The molecule has 23 heavy (non-hydrogen) atoms. The van der Waals surface area contributed by atoms with Crippen LogP contribution in [-0.2, 0) is 6.54 Å². The van der Waals surface area contributed by atoms with Crippen LogP contribution >= 0.6 is 11.6 Å². The van der Waals surface area contributed by atoms with Crippen molar-refractivity contribution in [3.05, 3.63) is 64.7 Å². The summed E-state index contributed by atoms with van der Waals surface area (Å²) < 4.78 is 5.07. The molecule has 6 heteroatoms. The number of benzene rings is 2. The van der Waals surface area contributed by atoms with Gasteiger partial charge in [-0.15, -0.1) is 0 Å². The predicted octanol–water partition coefficient (Wildman–Crippen LogP) is 2.88. The van der Waals surface area contributed by atoms with Gasteiger partial charge in [-0.2, -0.15) is 0 Å². The van der Waals surface area contributed by atoms with Crippen LogP contribution in [0.25, 0.3) is 0 Å². The van der Waals surface area contributed by atoms with Gasteiger partial charge in [0.15, 0.2) is 0 Å². The Bertz CT molecular complexity index is 647. The predicted molar refractivity (Wildman–Crippen MR) is 89.6 cm³/mol. The number of hydrogen-bond acceptors (Lipinski definition) is 3. The first kappa shape index (κ1) is 17.1. The molecule has 0 saturated carbocycles. The molecule has 0 heterocycles. The third-order valence-corrected chi connectivity index (χ3v) is 3.68. The molecule has 2 amide bonds. The summed E-state index contributed by atoms with van der Waals surface area (Å²) in [5, 5.41) is 15.9. The van der Waals surface area contributed by atoms with Crippen LogP contribution in [0.5, 0.6) is 5.75 Å². The number of aliphatic hydroxyl groups is 1. The Morgan fingerprint density at radius 1 is 1.17 bits per heavy atom. The van der Waals surface area contributed by atoms with Gasteiger partial charge in [0.1, 0.15) is 5.75 Å². The number of halogens is 1. The van der Waals surface area contributed by atoms with Gasteiger partial charge in [0.25, 0.3) is 0 Å². The SMILES string of the molecule is COc1ccc(CNC(=O)NCC(O)c2ccccc2Cl)cc1. The third kappa shape index (κ3) is 5.16. The van der Waals surface area contributed by atoms with Gasteiger partial charge in [0.2, 0.25) is 0 Å². The number of hydrogen-bond donors (Lipinski definition) is 3. The lowest BCUT2D eigenvalue weighted by Gasteiger charge is -2.14. The summed E-state index contributed by atoms with van der Waals surface area (Å²) in [5.74, 6) is 0.765. The fraction of sp³-hybridized carbons (Fsp3) is 0.235. The lowest BCUT2D eigenvalue weighted by atomic mass is 10.1. The molecule has 3 N–H and O–H groups in total. The molecule has 0 saturated heterocycles. The number of urea groups is 1. The van der Waals surface area contributed by atoms with E-state index in [2.05, 4.69) is 10.6 Å². The van der Waals surface area contributed by atoms with Crippen molar-refractivity contribution in [2.45, 2.75) is 12.6 Å². The minimum absolute atomic E-state index is 0.0815. The maximum absolute atomic E-state index is 11.8. The van der Waals surface area contributed by atoms with E-state index < -0.39 is 6.10 Å². The highest BCUT2D eigenvalue weighted by Gasteiger charge is 2.12. The second kappa shape index (κ2) is 8.41. The van der Waals surface area contributed by atoms with E-state index >= 15 is 0 Å². The van der Waals surface area contributed by atoms with E-state index in [1.54, 1.807) is 31.4 Å². The summed E-state index contributed by atoms with van der Waals surface area (Å²) in [5.41, 5.74) is 1.54. The van der Waals surface area contributed by atoms with Crippen molar-refractivity contribution in [3.8, 4) is 5.75 Å². The van der Waals surface area contributed by atoms with Crippen LogP contribution in [0.3, 0.4) is 0 Å². The molecule has 0 aliphatic heterocycles. The number of carbonyl (C=O) groups excluding carboxylic acids is 1. The maximum Gasteiger partial charge on any atom is 0.315 e. The second-order valence-corrected chi connectivity index (χ2v) is 5.36. The van der Waals surface area contributed by atoms with Crippen molar-refractivity contribution in [2.24, 2.45) is 0 Å². The van der Waals surface area contributed by atoms with Crippen molar-refractivity contribution < 1.29 is 14.6 Å². The van der Waals surface area contributed by atoms with Crippen molar-refractivity contribution in [2.75, 3.05) is 13.7 Å². The minimum Gasteiger partial charge on any atom is -0.497 e. The summed E-state index contributed by atoms with van der Waals surface area (Å²) in [7, 11) is 1.60. The summed E-state index contributed by atoms with van der Waals surface area (Å²) in [6.07, 6.45) is -0.851. The number of aliphatic hydroxyl groups excluding tert-OH is 1. The molecule has 0 fully saturated rings. The van der Waals surface area contributed by atoms with E-state index in [4.69, 9.17) is 16.3 Å². The molecule has 0 bridgehead atoms. The molecule has 2 aromatic rings. The van der Waals surface area contributed by atoms with Crippen molar-refractivity contribution in [1.29, 1.82) is 0 Å². The zero-order chi connectivity index (χ0) is 16.7. The first-order valence-corrected chi connectivity index (χ1v) is 7.55. The van der Waals surface area contributed by atoms with Gasteiger partial charge in [-0.3, -0.25) is 0 Å². The molecule has 0 aliphatic carbocycles. The van der Waals surface area contributed by atoms with Crippen molar-refractivity contribution >= 4 is 17.6 Å². The highest BCUT2D eigenvalue weighted by Crippen LogP contribution is 2.21. The van der Waals surface area contributed by atoms with Crippen LogP contribution < -0.4 is 15.4 Å². The number of carbonyl (C=O) groups is 1. The molecule has 1 unspecified atom stereocenters. The highest BCUT2D eigenvalue weighted by molar-refractivity contribution is 6.31. The van der Waals surface area contributed by atoms with Gasteiger partial charge in [0, 0.05) is 23.7 Å². The Kier molecular flexibility index (Phi) is 6.26. The zero-order valence-corrected chi connectivity index (χ0v) is 13.5. The largest absolute Gasteiger partial charge is 0.497 e. The van der Waals surface area contributed by atoms with E-state index in [1.165, 1.54) is 0 Å². The molecule has 2 rings (SSSR count). The van der Waals surface area contributed by atoms with E-state index in [1.807, 2.05) is 24.3 Å². The summed E-state index contributed by atoms with van der Waals surface area (Å²) in [6, 6.07) is 14.0. The van der Waals surface area contributed by atoms with Gasteiger partial charge in [-0.1, -0.05) is 41.9 Å². The molecule has 1 atom stereocenters. The Balaban J connectivity index is 1.77. The van der Waals surface area contributed by atoms with Crippen LogP contribution in [0.2, 0.25) is 5.02 Å². The van der Waals surface area contributed by atoms with Crippen LogP contribution in [-0.4, -0.2) is 24.8 Å². The molecule has 122 valence electrons. The summed E-state index contributed by atoms with van der Waals surface area (Å²) in [6.45, 7) is 0.468. The molecule has 0 radical (unpaired) electrons. The molecule has 5 nitrogen and oxygen atoms in total. The fourth-order valence-electron chi connectivity index (χ4n) is 2.03. The van der Waals surface area contributed by atoms with E-state index in [0.29, 0.717) is 17.1 Å². The standard InChI is InChI=1S/C17H19ClN2O3/c1-23-13-8-6-12(7-9-13)10-19-17(22)20-11-16(21)14-4-2-3-5-15(14)18/h2-9,16,21H,10-11H2,1H3,(H2,19,20,22). The smallest absolute Gasteiger partial charge is 0.315 e. The maximum atomic E-state index is 11.8. The van der Waals surface area contributed by atoms with Gasteiger partial charge in [-0.25, -0.2) is 4.79 Å². The Hall–Kier alpha value is -2.24. The van der Waals surface area contributed by atoms with Gasteiger partial charge in [0.05, 0.1) is 13.2 Å². The van der Waals surface area contributed by atoms with Gasteiger partial charge in [-0.05, 0) is 23.8 Å². The zero-order valence-electron chi connectivity index (χ0n) is 12.8. The first-order chi connectivity index (χ1) is 11.1. The van der Waals surface area contributed by atoms with Crippen LogP contribution in [0.4, 0.5) is 4.79 Å². The quantitative estimate of drug-likeness (QED) is 0.760. The number of amides is 2. The molecular weight excluding hydrogens is 316 g/mol. The minimum atomic E-state index is -0.851. The molecule has 0 aromatic heterocycles. The van der Waals surface area contributed by atoms with Crippen molar-refractivity contribution in [1.82, 2.24) is 10.6 Å². The number of ether oxygens (including phenoxy) is 1. The van der Waals surface area contributed by atoms with E-state index in [-0.39, 0.29) is 12.6 Å². The average Bonchev–Trinajstić information content (AvgIpc) is 2.58. The fourth-order valence-corrected chi connectivity index (χ4v) is 2.29. The van der Waals surface area contributed by atoms with Crippen LogP contribution in [0, 0.1) is 0 Å². The topological polar surface area (TPSA) is 70.6 Å². The Morgan fingerprint density at radius 3 is 2.52 bits per heavy atom. The normalized spacial score (nSPS) is 11.6. The summed E-state index contributed by atoms with van der Waals surface area (Å²) in [4.78, 5) is 11.8. The average molecular weight is 335 g/mol. The van der Waals surface area contributed by atoms with Gasteiger partial charge < -0.3 is 20.5 Å². The molecule has 2 aromatic carbocycles. The number of rotatable bonds is 6. The van der Waals surface area contributed by atoms with E-state index in [0.717, 1.165) is 11.3 Å². The van der Waals surface area contributed by atoms with E-state index in [9.17, 15) is 9.90 Å². The number of nitrogens with one attached hydrogen (secondary N) is 2. The van der Waals surface area contributed by atoms with Crippen LogP contribution in [0.1, 0.15) is 17.2 Å². The molecular formula is C17H19ClN2O3. The summed E-state index contributed by atoms with van der Waals surface area (Å²) >= 11 is 6.00. The molecule has 0 aliphatic rings. The first-order valence-electron chi connectivity index (χ1n) is 7.17. The number of methoxy groups -OCH3 is 1. The lowest BCUT2D eigenvalue weighted by molar-refractivity contribution is 0.173. The highest BCUT2D eigenvalue weighted by atomic mass is 35.5. The molecule has 0 spiro atoms. The monoisotopic (exact) mass is 334 g/mol. The second-order valence-electron chi connectivity index (χ2n) is 4.95. The Morgan fingerprint density at radius 2 is 1.87 bits per heavy atom.